The van der Waals surface area contributed by atoms with E-state index < -0.39 is 0 Å². The van der Waals surface area contributed by atoms with Gasteiger partial charge in [0, 0.05) is 25.9 Å². The minimum atomic E-state index is 0. The number of hydrogen-bond donors (Lipinski definition) is 2. The maximum Gasteiger partial charge on any atom is 0.0866 e. The van der Waals surface area contributed by atoms with Gasteiger partial charge in [0.05, 0.1) is 11.0 Å². The monoisotopic (exact) mass is 480 g/mol. The molecule has 2 aliphatic heterocycles. The van der Waals surface area contributed by atoms with Gasteiger partial charge in [0.25, 0.3) is 0 Å². The SMILES string of the molecule is C[C@H]1CNC(Cl)Cc2ccccc21.C[C@H]1CNC(Cl)Cc2ccccc21.Cl.Cl.O. The van der Waals surface area contributed by atoms with E-state index in [1.165, 1.54) is 22.3 Å². The highest BCUT2D eigenvalue weighted by molar-refractivity contribution is 6.20. The third-order valence-electron chi connectivity index (χ3n) is 5.26. The van der Waals surface area contributed by atoms with Crippen molar-refractivity contribution < 1.29 is 5.48 Å². The summed E-state index contributed by atoms with van der Waals surface area (Å²) in [5, 5.41) is 6.61. The van der Waals surface area contributed by atoms with E-state index in [9.17, 15) is 0 Å². The van der Waals surface area contributed by atoms with Crippen LogP contribution in [0.4, 0.5) is 0 Å². The van der Waals surface area contributed by atoms with Crippen molar-refractivity contribution in [2.75, 3.05) is 13.1 Å². The van der Waals surface area contributed by atoms with Crippen LogP contribution in [0.5, 0.6) is 0 Å². The van der Waals surface area contributed by atoms with Gasteiger partial charge in [-0.3, -0.25) is 0 Å². The Labute approximate surface area is 197 Å². The van der Waals surface area contributed by atoms with Gasteiger partial charge in [0.15, 0.2) is 0 Å². The molecule has 3 nitrogen and oxygen atoms in total. The first-order valence-corrected chi connectivity index (χ1v) is 10.3. The second-order valence-corrected chi connectivity index (χ2v) is 8.41. The van der Waals surface area contributed by atoms with Gasteiger partial charge in [0.1, 0.15) is 0 Å². The van der Waals surface area contributed by atoms with Crippen LogP contribution in [0, 0.1) is 0 Å². The Hall–Kier alpha value is -0.520. The molecule has 4 atom stereocenters. The lowest BCUT2D eigenvalue weighted by molar-refractivity contribution is 0.612. The molecule has 0 fully saturated rings. The molecule has 2 aromatic rings. The molecule has 0 radical (unpaired) electrons. The van der Waals surface area contributed by atoms with Crippen LogP contribution in [0.25, 0.3) is 0 Å². The van der Waals surface area contributed by atoms with Crippen molar-refractivity contribution in [3.63, 3.8) is 0 Å². The third-order valence-corrected chi connectivity index (χ3v) is 5.88. The first-order valence-electron chi connectivity index (χ1n) is 9.45. The van der Waals surface area contributed by atoms with E-state index in [2.05, 4.69) is 73.0 Å². The van der Waals surface area contributed by atoms with Crippen LogP contribution >= 0.6 is 48.0 Å². The molecule has 0 spiro atoms. The lowest BCUT2D eigenvalue weighted by Gasteiger charge is -2.10. The molecule has 0 amide bonds. The molecule has 4 N–H and O–H groups in total. The van der Waals surface area contributed by atoms with E-state index >= 15 is 0 Å². The molecule has 4 rings (SSSR count). The fraction of sp³-hybridized carbons (Fsp3) is 0.455. The zero-order valence-corrected chi connectivity index (χ0v) is 20.0. The highest BCUT2D eigenvalue weighted by atomic mass is 35.5. The van der Waals surface area contributed by atoms with Crippen molar-refractivity contribution >= 4 is 48.0 Å². The molecule has 164 valence electrons. The summed E-state index contributed by atoms with van der Waals surface area (Å²) in [4.78, 5) is 0. The van der Waals surface area contributed by atoms with E-state index in [0.717, 1.165) is 25.9 Å². The van der Waals surface area contributed by atoms with Gasteiger partial charge >= 0.3 is 0 Å². The second-order valence-electron chi connectivity index (χ2n) is 7.36. The molecule has 0 saturated heterocycles. The summed E-state index contributed by atoms with van der Waals surface area (Å²) in [6.07, 6.45) is 1.87. The van der Waals surface area contributed by atoms with Crippen molar-refractivity contribution in [2.45, 2.75) is 49.5 Å². The summed E-state index contributed by atoms with van der Waals surface area (Å²) in [7, 11) is 0. The maximum atomic E-state index is 6.10. The fourth-order valence-electron chi connectivity index (χ4n) is 3.76. The summed E-state index contributed by atoms with van der Waals surface area (Å²) >= 11 is 12.2. The Morgan fingerprint density at radius 1 is 0.690 bits per heavy atom. The Morgan fingerprint density at radius 3 is 1.41 bits per heavy atom. The molecule has 0 aliphatic carbocycles. The molecule has 2 aromatic carbocycles. The van der Waals surface area contributed by atoms with Gasteiger partial charge in [-0.05, 0) is 34.1 Å². The summed E-state index contributed by atoms with van der Waals surface area (Å²) in [6, 6.07) is 17.1. The Morgan fingerprint density at radius 2 is 1.03 bits per heavy atom. The molecule has 0 aromatic heterocycles. The molecule has 2 aliphatic rings. The molecule has 29 heavy (non-hydrogen) atoms. The van der Waals surface area contributed by atoms with Gasteiger partial charge in [0.2, 0.25) is 0 Å². The van der Waals surface area contributed by atoms with Crippen molar-refractivity contribution in [3.05, 3.63) is 70.8 Å². The van der Waals surface area contributed by atoms with Crippen LogP contribution in [-0.4, -0.2) is 29.6 Å². The quantitative estimate of drug-likeness (QED) is 0.410. The van der Waals surface area contributed by atoms with E-state index in [-0.39, 0.29) is 41.3 Å². The predicted molar refractivity (Wildman–Crippen MR) is 131 cm³/mol. The van der Waals surface area contributed by atoms with Crippen LogP contribution in [0.2, 0.25) is 0 Å². The normalized spacial score (nSPS) is 25.0. The van der Waals surface area contributed by atoms with E-state index in [1.54, 1.807) is 0 Å². The number of rotatable bonds is 0. The first kappa shape index (κ1) is 28.5. The molecule has 2 unspecified atom stereocenters. The summed E-state index contributed by atoms with van der Waals surface area (Å²) in [5.74, 6) is 1.14. The zero-order valence-electron chi connectivity index (χ0n) is 16.8. The summed E-state index contributed by atoms with van der Waals surface area (Å²) in [6.45, 7) is 6.43. The lowest BCUT2D eigenvalue weighted by atomic mass is 9.96. The number of benzene rings is 2. The van der Waals surface area contributed by atoms with Crippen molar-refractivity contribution in [2.24, 2.45) is 0 Å². The zero-order chi connectivity index (χ0) is 18.5. The minimum Gasteiger partial charge on any atom is -0.412 e. The highest BCUT2D eigenvalue weighted by Crippen LogP contribution is 2.25. The van der Waals surface area contributed by atoms with Crippen LogP contribution < -0.4 is 10.6 Å². The van der Waals surface area contributed by atoms with E-state index in [1.807, 2.05) is 0 Å². The van der Waals surface area contributed by atoms with Gasteiger partial charge in [-0.25, -0.2) is 0 Å². The number of hydrogen-bond acceptors (Lipinski definition) is 2. The minimum absolute atomic E-state index is 0. The topological polar surface area (TPSA) is 55.6 Å². The average Bonchev–Trinajstić information content (AvgIpc) is 2.88. The Balaban J connectivity index is 0.000000490. The smallest absolute Gasteiger partial charge is 0.0866 e. The first-order chi connectivity index (χ1) is 12.5. The van der Waals surface area contributed by atoms with Gasteiger partial charge in [-0.1, -0.05) is 62.4 Å². The highest BCUT2D eigenvalue weighted by Gasteiger charge is 2.19. The number of alkyl halides is 2. The fourth-order valence-corrected chi connectivity index (χ4v) is 4.27. The summed E-state index contributed by atoms with van der Waals surface area (Å²) in [5.41, 5.74) is 5.84. The van der Waals surface area contributed by atoms with Crippen LogP contribution in [-0.2, 0) is 12.8 Å². The van der Waals surface area contributed by atoms with Gasteiger partial charge < -0.3 is 16.1 Å². The number of fused-ring (bicyclic) bond motifs is 2. The molecular weight excluding hydrogens is 450 g/mol. The van der Waals surface area contributed by atoms with Gasteiger partial charge in [-0.2, -0.15) is 0 Å². The average molecular weight is 482 g/mol. The molecular formula is C22H32Cl4N2O. The molecule has 0 saturated carbocycles. The van der Waals surface area contributed by atoms with Crippen molar-refractivity contribution in [3.8, 4) is 0 Å². The van der Waals surface area contributed by atoms with Crippen LogP contribution in [0.3, 0.4) is 0 Å². The number of halogens is 4. The Bertz CT molecular complexity index is 670. The third kappa shape index (κ3) is 7.91. The lowest BCUT2D eigenvalue weighted by Crippen LogP contribution is -2.26. The van der Waals surface area contributed by atoms with E-state index in [0.29, 0.717) is 11.8 Å². The molecule has 7 heteroatoms. The van der Waals surface area contributed by atoms with Crippen LogP contribution in [0.15, 0.2) is 48.5 Å². The van der Waals surface area contributed by atoms with Crippen LogP contribution in [0.1, 0.15) is 47.9 Å². The largest absolute Gasteiger partial charge is 0.412 e. The number of nitrogens with one attached hydrogen (secondary N) is 2. The standard InChI is InChI=1S/2C11H14ClN.2ClH.H2O/c2*1-8-7-13-11(12)6-9-4-2-3-5-10(8)9;;;/h2*2-5,8,11,13H,6-7H2,1H3;2*1H;1H2/t2*8-,11?;;;/m00.../s1. The van der Waals surface area contributed by atoms with Crippen molar-refractivity contribution in [1.82, 2.24) is 10.6 Å². The van der Waals surface area contributed by atoms with E-state index in [4.69, 9.17) is 23.2 Å². The Kier molecular flexibility index (Phi) is 13.5. The second kappa shape index (κ2) is 13.7. The molecule has 2 heterocycles. The van der Waals surface area contributed by atoms with Gasteiger partial charge in [-0.15, -0.1) is 48.0 Å². The van der Waals surface area contributed by atoms with Crippen molar-refractivity contribution in [1.29, 1.82) is 0 Å². The summed E-state index contributed by atoms with van der Waals surface area (Å²) < 4.78 is 0. The maximum absolute atomic E-state index is 6.10. The predicted octanol–water partition coefficient (Wildman–Crippen LogP) is 5.02. The molecule has 0 bridgehead atoms.